The van der Waals surface area contributed by atoms with Gasteiger partial charge in [0.2, 0.25) is 0 Å². The van der Waals surface area contributed by atoms with Crippen LogP contribution in [0, 0.1) is 0 Å². The molecule has 1 aliphatic heterocycles. The third-order valence-corrected chi connectivity index (χ3v) is 3.95. The van der Waals surface area contributed by atoms with E-state index >= 15 is 0 Å². The second-order valence-electron chi connectivity index (χ2n) is 5.58. The Morgan fingerprint density at radius 3 is 2.88 bits per heavy atom. The van der Waals surface area contributed by atoms with E-state index in [0.717, 1.165) is 11.3 Å². The van der Waals surface area contributed by atoms with Crippen LogP contribution < -0.4 is 4.74 Å². The summed E-state index contributed by atoms with van der Waals surface area (Å²) < 4.78 is 50.4. The van der Waals surface area contributed by atoms with E-state index in [9.17, 15) is 13.2 Å². The Hall–Kier alpha value is -2.06. The van der Waals surface area contributed by atoms with E-state index < -0.39 is 12.3 Å². The first-order valence-electron chi connectivity index (χ1n) is 7.55. The van der Waals surface area contributed by atoms with Gasteiger partial charge in [0.1, 0.15) is 5.75 Å². The number of morpholine rings is 1. The summed E-state index contributed by atoms with van der Waals surface area (Å²) in [5, 5.41) is 4.20. The molecule has 1 saturated heterocycles. The third kappa shape index (κ3) is 3.70. The number of hydrogen-bond donors (Lipinski definition) is 0. The molecule has 1 atom stereocenters. The molecule has 1 aliphatic rings. The maximum absolute atomic E-state index is 12.9. The van der Waals surface area contributed by atoms with E-state index in [1.54, 1.807) is 41.2 Å². The normalized spacial score (nSPS) is 19.4. The maximum atomic E-state index is 12.9. The number of benzene rings is 1. The molecule has 0 spiro atoms. The quantitative estimate of drug-likeness (QED) is 0.857. The smallest absolute Gasteiger partial charge is 0.415 e. The van der Waals surface area contributed by atoms with Gasteiger partial charge in [-0.25, -0.2) is 4.68 Å². The highest BCUT2D eigenvalue weighted by molar-refractivity contribution is 5.45. The van der Waals surface area contributed by atoms with Crippen LogP contribution in [-0.2, 0) is 11.3 Å². The van der Waals surface area contributed by atoms with Crippen LogP contribution in [0.5, 0.6) is 5.75 Å². The number of hydrogen-bond acceptors (Lipinski definition) is 4. The fourth-order valence-electron chi connectivity index (χ4n) is 2.74. The van der Waals surface area contributed by atoms with E-state index in [1.807, 2.05) is 12.1 Å². The Kier molecular flexibility index (Phi) is 4.77. The van der Waals surface area contributed by atoms with Crippen LogP contribution >= 0.6 is 0 Å². The minimum atomic E-state index is -4.35. The minimum Gasteiger partial charge on any atom is -0.497 e. The number of alkyl halides is 3. The van der Waals surface area contributed by atoms with Crippen LogP contribution in [0.4, 0.5) is 13.2 Å². The first-order valence-corrected chi connectivity index (χ1v) is 7.55. The predicted octanol–water partition coefficient (Wildman–Crippen LogP) is 2.64. The summed E-state index contributed by atoms with van der Waals surface area (Å²) in [6.07, 6.45) is -2.64. The second kappa shape index (κ2) is 6.82. The van der Waals surface area contributed by atoms with Crippen LogP contribution in [-0.4, -0.2) is 53.8 Å². The summed E-state index contributed by atoms with van der Waals surface area (Å²) in [6.45, 7) is 0.690. The van der Waals surface area contributed by atoms with Crippen molar-refractivity contribution in [3.63, 3.8) is 0 Å². The molecular formula is C16H18F3N3O2. The topological polar surface area (TPSA) is 39.5 Å². The molecule has 3 rings (SSSR count). The minimum absolute atomic E-state index is 0.0608. The number of nitrogens with zero attached hydrogens (tertiary/aromatic N) is 3. The first kappa shape index (κ1) is 16.8. The molecule has 2 heterocycles. The Labute approximate surface area is 137 Å². The average Bonchev–Trinajstić information content (AvgIpc) is 3.08. The Morgan fingerprint density at radius 1 is 1.38 bits per heavy atom. The predicted molar refractivity (Wildman–Crippen MR) is 81.2 cm³/mol. The number of methoxy groups -OCH3 is 1. The lowest BCUT2D eigenvalue weighted by Gasteiger charge is -2.34. The van der Waals surface area contributed by atoms with Gasteiger partial charge in [0.15, 0.2) is 6.10 Å². The fraction of sp³-hybridized carbons (Fsp3) is 0.438. The zero-order chi connectivity index (χ0) is 17.2. The molecule has 1 aromatic heterocycles. The summed E-state index contributed by atoms with van der Waals surface area (Å²) in [5.41, 5.74) is 1.66. The Morgan fingerprint density at radius 2 is 2.21 bits per heavy atom. The van der Waals surface area contributed by atoms with Crippen molar-refractivity contribution in [2.75, 3.05) is 26.8 Å². The molecule has 130 valence electrons. The van der Waals surface area contributed by atoms with Gasteiger partial charge in [-0.05, 0) is 29.8 Å². The van der Waals surface area contributed by atoms with Crippen molar-refractivity contribution in [3.8, 4) is 11.4 Å². The standard InChI is InChI=1S/C16H18F3N3O2/c1-23-13-3-4-14(22-6-2-5-20-22)12(9-13)10-21-7-8-24-15(11-21)16(17,18)19/h2-6,9,15H,7-8,10-11H2,1H3/t15-/m1/s1. The van der Waals surface area contributed by atoms with Crippen LogP contribution in [0.15, 0.2) is 36.7 Å². The zero-order valence-electron chi connectivity index (χ0n) is 13.2. The maximum Gasteiger partial charge on any atom is 0.415 e. The van der Waals surface area contributed by atoms with Crippen molar-refractivity contribution in [3.05, 3.63) is 42.2 Å². The van der Waals surface area contributed by atoms with Gasteiger partial charge < -0.3 is 9.47 Å². The molecule has 2 aromatic rings. The van der Waals surface area contributed by atoms with E-state index in [1.165, 1.54) is 0 Å². The molecule has 24 heavy (non-hydrogen) atoms. The van der Waals surface area contributed by atoms with E-state index in [-0.39, 0.29) is 13.2 Å². The largest absolute Gasteiger partial charge is 0.497 e. The van der Waals surface area contributed by atoms with E-state index in [0.29, 0.717) is 18.8 Å². The molecule has 0 amide bonds. The monoisotopic (exact) mass is 341 g/mol. The van der Waals surface area contributed by atoms with Crippen molar-refractivity contribution >= 4 is 0 Å². The van der Waals surface area contributed by atoms with Gasteiger partial charge in [-0.15, -0.1) is 0 Å². The summed E-state index contributed by atoms with van der Waals surface area (Å²) in [4.78, 5) is 1.74. The molecule has 0 aliphatic carbocycles. The van der Waals surface area contributed by atoms with Crippen molar-refractivity contribution < 1.29 is 22.6 Å². The highest BCUT2D eigenvalue weighted by Gasteiger charge is 2.43. The molecular weight excluding hydrogens is 323 g/mol. The van der Waals surface area contributed by atoms with Crippen molar-refractivity contribution in [2.45, 2.75) is 18.8 Å². The van der Waals surface area contributed by atoms with E-state index in [4.69, 9.17) is 9.47 Å². The van der Waals surface area contributed by atoms with Crippen LogP contribution in [0.1, 0.15) is 5.56 Å². The Bertz CT molecular complexity index is 674. The molecule has 1 aromatic carbocycles. The van der Waals surface area contributed by atoms with Crippen LogP contribution in [0.2, 0.25) is 0 Å². The molecule has 5 nitrogen and oxygen atoms in total. The van der Waals surface area contributed by atoms with Crippen LogP contribution in [0.3, 0.4) is 0 Å². The highest BCUT2D eigenvalue weighted by Crippen LogP contribution is 2.28. The first-order chi connectivity index (χ1) is 11.5. The number of halogens is 3. The van der Waals surface area contributed by atoms with Crippen LogP contribution in [0.25, 0.3) is 5.69 Å². The van der Waals surface area contributed by atoms with E-state index in [2.05, 4.69) is 5.10 Å². The van der Waals surface area contributed by atoms with Crippen molar-refractivity contribution in [1.82, 2.24) is 14.7 Å². The van der Waals surface area contributed by atoms with Gasteiger partial charge in [-0.3, -0.25) is 4.90 Å². The molecule has 0 bridgehead atoms. The number of aromatic nitrogens is 2. The fourth-order valence-corrected chi connectivity index (χ4v) is 2.74. The lowest BCUT2D eigenvalue weighted by molar-refractivity contribution is -0.237. The summed E-state index contributed by atoms with van der Waals surface area (Å²) >= 11 is 0. The van der Waals surface area contributed by atoms with Crippen molar-refractivity contribution in [2.24, 2.45) is 0 Å². The number of ether oxygens (including phenoxy) is 2. The molecule has 0 radical (unpaired) electrons. The summed E-state index contributed by atoms with van der Waals surface area (Å²) in [5.74, 6) is 0.654. The van der Waals surface area contributed by atoms with Gasteiger partial charge in [0, 0.05) is 32.0 Å². The van der Waals surface area contributed by atoms with Gasteiger partial charge in [-0.1, -0.05) is 0 Å². The zero-order valence-corrected chi connectivity index (χ0v) is 13.2. The molecule has 0 N–H and O–H groups in total. The lowest BCUT2D eigenvalue weighted by Crippen LogP contribution is -2.48. The van der Waals surface area contributed by atoms with Crippen molar-refractivity contribution in [1.29, 1.82) is 0 Å². The summed E-state index contributed by atoms with van der Waals surface area (Å²) in [7, 11) is 1.56. The molecule has 0 saturated carbocycles. The molecule has 1 fully saturated rings. The third-order valence-electron chi connectivity index (χ3n) is 3.95. The van der Waals surface area contributed by atoms with Gasteiger partial charge in [-0.2, -0.15) is 18.3 Å². The van der Waals surface area contributed by atoms with Gasteiger partial charge in [0.25, 0.3) is 0 Å². The summed E-state index contributed by atoms with van der Waals surface area (Å²) in [6, 6.07) is 7.28. The highest BCUT2D eigenvalue weighted by atomic mass is 19.4. The Balaban J connectivity index is 1.83. The van der Waals surface area contributed by atoms with Gasteiger partial charge in [0.05, 0.1) is 19.4 Å². The lowest BCUT2D eigenvalue weighted by atomic mass is 10.1. The molecule has 0 unspecified atom stereocenters. The molecule has 8 heteroatoms. The van der Waals surface area contributed by atoms with Gasteiger partial charge >= 0.3 is 6.18 Å². The average molecular weight is 341 g/mol. The number of rotatable bonds is 4. The SMILES string of the molecule is COc1ccc(-n2cccn2)c(CN2CCO[C@@H](C(F)(F)F)C2)c1. The second-order valence-corrected chi connectivity index (χ2v) is 5.58.